The number of rotatable bonds is 3. The molecular weight excluding hydrogens is 318 g/mol. The van der Waals surface area contributed by atoms with Gasteiger partial charge in [0.25, 0.3) is 5.91 Å². The zero-order chi connectivity index (χ0) is 18.1. The number of amides is 1. The molecule has 3 rings (SSSR count). The number of hydrogen-bond donors (Lipinski definition) is 2. The predicted molar refractivity (Wildman–Crippen MR) is 94.3 cm³/mol. The number of carboxylic acid groups (broad SMARTS) is 1. The number of likely N-dealkylation sites (tertiary alicyclic amines) is 1. The van der Waals surface area contributed by atoms with Crippen molar-refractivity contribution in [1.82, 2.24) is 15.1 Å². The Bertz CT molecular complexity index is 812. The van der Waals surface area contributed by atoms with E-state index in [1.165, 1.54) is 5.56 Å². The van der Waals surface area contributed by atoms with Gasteiger partial charge in [-0.3, -0.25) is 14.7 Å². The van der Waals surface area contributed by atoms with Gasteiger partial charge < -0.3 is 10.0 Å². The lowest BCUT2D eigenvalue weighted by Gasteiger charge is -2.34. The van der Waals surface area contributed by atoms with E-state index in [2.05, 4.69) is 16.3 Å². The Morgan fingerprint density at radius 1 is 1.24 bits per heavy atom. The van der Waals surface area contributed by atoms with Gasteiger partial charge in [-0.05, 0) is 37.8 Å². The maximum absolute atomic E-state index is 12.8. The Labute approximate surface area is 146 Å². The minimum absolute atomic E-state index is 0.167. The average Bonchev–Trinajstić information content (AvgIpc) is 3.03. The Balaban J connectivity index is 1.82. The van der Waals surface area contributed by atoms with Gasteiger partial charge >= 0.3 is 5.97 Å². The van der Waals surface area contributed by atoms with Crippen LogP contribution in [-0.4, -0.2) is 45.2 Å². The number of carboxylic acids is 1. The molecule has 1 aromatic heterocycles. The van der Waals surface area contributed by atoms with E-state index >= 15 is 0 Å². The van der Waals surface area contributed by atoms with Crippen molar-refractivity contribution < 1.29 is 14.7 Å². The first-order valence-corrected chi connectivity index (χ1v) is 8.50. The number of nitrogens with zero attached hydrogens (tertiary/aromatic N) is 2. The van der Waals surface area contributed by atoms with E-state index in [0.717, 1.165) is 16.8 Å². The molecule has 0 radical (unpaired) electrons. The molecule has 1 aromatic carbocycles. The number of nitrogens with one attached hydrogen (secondary N) is 1. The second-order valence-electron chi connectivity index (χ2n) is 7.07. The molecule has 25 heavy (non-hydrogen) atoms. The highest BCUT2D eigenvalue weighted by atomic mass is 16.4. The fourth-order valence-electron chi connectivity index (χ4n) is 3.54. The van der Waals surface area contributed by atoms with E-state index in [0.29, 0.717) is 18.7 Å². The minimum atomic E-state index is -0.843. The van der Waals surface area contributed by atoms with E-state index in [9.17, 15) is 14.7 Å². The van der Waals surface area contributed by atoms with Crippen molar-refractivity contribution in [1.29, 1.82) is 0 Å². The van der Waals surface area contributed by atoms with Gasteiger partial charge in [0.1, 0.15) is 5.69 Å². The molecule has 0 saturated carbocycles. The summed E-state index contributed by atoms with van der Waals surface area (Å²) in [6, 6.07) is 7.84. The fraction of sp³-hybridized carbons (Fsp3) is 0.421. The van der Waals surface area contributed by atoms with Crippen LogP contribution in [0.2, 0.25) is 0 Å². The molecule has 0 aliphatic carbocycles. The van der Waals surface area contributed by atoms with E-state index in [4.69, 9.17) is 0 Å². The third-order valence-electron chi connectivity index (χ3n) is 4.76. The molecule has 2 aromatic rings. The molecule has 6 nitrogen and oxygen atoms in total. The van der Waals surface area contributed by atoms with Crippen molar-refractivity contribution in [3.05, 3.63) is 41.1 Å². The van der Waals surface area contributed by atoms with E-state index < -0.39 is 11.9 Å². The van der Waals surface area contributed by atoms with Crippen LogP contribution in [0.4, 0.5) is 0 Å². The minimum Gasteiger partial charge on any atom is -0.481 e. The van der Waals surface area contributed by atoms with Crippen LogP contribution in [-0.2, 0) is 4.79 Å². The summed E-state index contributed by atoms with van der Waals surface area (Å²) < 4.78 is 0. The number of carbonyl (C=O) groups excluding carboxylic acids is 1. The third kappa shape index (κ3) is 3.57. The second kappa shape index (κ2) is 6.70. The topological polar surface area (TPSA) is 86.3 Å². The summed E-state index contributed by atoms with van der Waals surface area (Å²) in [6.45, 7) is 6.84. The molecule has 1 fully saturated rings. The van der Waals surface area contributed by atoms with Gasteiger partial charge in [0.2, 0.25) is 0 Å². The molecule has 1 aliphatic rings. The largest absolute Gasteiger partial charge is 0.481 e. The molecule has 2 unspecified atom stereocenters. The summed E-state index contributed by atoms with van der Waals surface area (Å²) in [4.78, 5) is 25.7. The SMILES string of the molecule is Cc1ccc(-c2cc(C(=O)N3CC(C)CC(C(=O)O)C3)[nH]n2)c(C)c1. The number of benzene rings is 1. The third-order valence-corrected chi connectivity index (χ3v) is 4.76. The Hall–Kier alpha value is -2.63. The van der Waals surface area contributed by atoms with E-state index in [-0.39, 0.29) is 18.4 Å². The summed E-state index contributed by atoms with van der Waals surface area (Å²) in [6.07, 6.45) is 0.607. The van der Waals surface area contributed by atoms with Gasteiger partial charge in [0.05, 0.1) is 11.6 Å². The lowest BCUT2D eigenvalue weighted by atomic mass is 9.90. The van der Waals surface area contributed by atoms with E-state index in [1.807, 2.05) is 32.9 Å². The zero-order valence-corrected chi connectivity index (χ0v) is 14.7. The maximum Gasteiger partial charge on any atom is 0.308 e. The number of aryl methyl sites for hydroxylation is 2. The summed E-state index contributed by atoms with van der Waals surface area (Å²) in [7, 11) is 0. The van der Waals surface area contributed by atoms with Gasteiger partial charge in [-0.1, -0.05) is 30.7 Å². The van der Waals surface area contributed by atoms with E-state index in [1.54, 1.807) is 11.0 Å². The number of aliphatic carboxylic acids is 1. The number of carbonyl (C=O) groups is 2. The molecule has 1 saturated heterocycles. The summed E-state index contributed by atoms with van der Waals surface area (Å²) in [5.74, 6) is -1.37. The van der Waals surface area contributed by atoms with Crippen molar-refractivity contribution >= 4 is 11.9 Å². The quantitative estimate of drug-likeness (QED) is 0.899. The van der Waals surface area contributed by atoms with Crippen molar-refractivity contribution in [3.63, 3.8) is 0 Å². The Morgan fingerprint density at radius 3 is 2.68 bits per heavy atom. The normalized spacial score (nSPS) is 20.5. The number of H-pyrrole nitrogens is 1. The summed E-state index contributed by atoms with van der Waals surface area (Å²) >= 11 is 0. The first-order valence-electron chi connectivity index (χ1n) is 8.50. The van der Waals surface area contributed by atoms with Gasteiger partial charge in [0.15, 0.2) is 0 Å². The smallest absolute Gasteiger partial charge is 0.308 e. The first kappa shape index (κ1) is 17.2. The van der Waals surface area contributed by atoms with Gasteiger partial charge in [-0.15, -0.1) is 0 Å². The average molecular weight is 341 g/mol. The molecule has 0 spiro atoms. The number of aromatic amines is 1. The second-order valence-corrected chi connectivity index (χ2v) is 7.07. The molecule has 1 amide bonds. The monoisotopic (exact) mass is 341 g/mol. The van der Waals surface area contributed by atoms with Gasteiger partial charge in [-0.25, -0.2) is 0 Å². The van der Waals surface area contributed by atoms with Crippen LogP contribution < -0.4 is 0 Å². The summed E-state index contributed by atoms with van der Waals surface area (Å²) in [5.41, 5.74) is 4.38. The van der Waals surface area contributed by atoms with Crippen LogP contribution >= 0.6 is 0 Å². The molecule has 2 atom stereocenters. The Kier molecular flexibility index (Phi) is 4.61. The highest BCUT2D eigenvalue weighted by Crippen LogP contribution is 2.26. The molecule has 6 heteroatoms. The van der Waals surface area contributed by atoms with Crippen molar-refractivity contribution in [2.24, 2.45) is 11.8 Å². The fourth-order valence-corrected chi connectivity index (χ4v) is 3.54. The molecule has 132 valence electrons. The van der Waals surface area contributed by atoms with Crippen molar-refractivity contribution in [2.45, 2.75) is 27.2 Å². The molecule has 1 aliphatic heterocycles. The Morgan fingerprint density at radius 2 is 2.00 bits per heavy atom. The highest BCUT2D eigenvalue weighted by molar-refractivity contribution is 5.94. The predicted octanol–water partition coefficient (Wildman–Crippen LogP) is 2.88. The number of piperidine rings is 1. The lowest BCUT2D eigenvalue weighted by Crippen LogP contribution is -2.45. The van der Waals surface area contributed by atoms with Crippen LogP contribution in [0.15, 0.2) is 24.3 Å². The number of hydrogen-bond acceptors (Lipinski definition) is 3. The van der Waals surface area contributed by atoms with Crippen LogP contribution in [0, 0.1) is 25.7 Å². The van der Waals surface area contributed by atoms with Crippen molar-refractivity contribution in [2.75, 3.05) is 13.1 Å². The summed E-state index contributed by atoms with van der Waals surface area (Å²) in [5, 5.41) is 16.4. The number of aromatic nitrogens is 2. The lowest BCUT2D eigenvalue weighted by molar-refractivity contribution is -0.143. The molecule has 2 heterocycles. The van der Waals surface area contributed by atoms with Crippen LogP contribution in [0.5, 0.6) is 0 Å². The zero-order valence-electron chi connectivity index (χ0n) is 14.7. The van der Waals surface area contributed by atoms with Gasteiger partial charge in [0, 0.05) is 18.7 Å². The van der Waals surface area contributed by atoms with Crippen molar-refractivity contribution in [3.8, 4) is 11.3 Å². The maximum atomic E-state index is 12.8. The highest BCUT2D eigenvalue weighted by Gasteiger charge is 2.32. The molecule has 2 N–H and O–H groups in total. The first-order chi connectivity index (χ1) is 11.8. The molecule has 0 bridgehead atoms. The van der Waals surface area contributed by atoms with Crippen LogP contribution in [0.1, 0.15) is 35.0 Å². The van der Waals surface area contributed by atoms with Crippen LogP contribution in [0.3, 0.4) is 0 Å². The standard InChI is InChI=1S/C19H23N3O3/c1-11-4-5-15(13(3)6-11)16-8-17(21-20-16)18(23)22-9-12(2)7-14(10-22)19(24)25/h4-6,8,12,14H,7,9-10H2,1-3H3,(H,20,21)(H,24,25). The molecular formula is C19H23N3O3. The van der Waals surface area contributed by atoms with Crippen LogP contribution in [0.25, 0.3) is 11.3 Å². The van der Waals surface area contributed by atoms with Gasteiger partial charge in [-0.2, -0.15) is 5.10 Å².